The summed E-state index contributed by atoms with van der Waals surface area (Å²) >= 11 is 0. The first kappa shape index (κ1) is 22.7. The van der Waals surface area contributed by atoms with Crippen LogP contribution in [0.15, 0.2) is 53.1 Å². The van der Waals surface area contributed by atoms with E-state index in [-0.39, 0.29) is 11.4 Å². The molecule has 1 saturated heterocycles. The highest BCUT2D eigenvalue weighted by atomic mass is 19.4. The lowest BCUT2D eigenvalue weighted by Crippen LogP contribution is -2.45. The second-order valence-corrected chi connectivity index (χ2v) is 7.56. The Hall–Kier alpha value is -3.51. The van der Waals surface area contributed by atoms with Crippen molar-refractivity contribution in [1.82, 2.24) is 19.9 Å². The van der Waals surface area contributed by atoms with E-state index in [0.29, 0.717) is 30.4 Å². The van der Waals surface area contributed by atoms with Gasteiger partial charge in [0.1, 0.15) is 5.75 Å². The largest absolute Gasteiger partial charge is 0.573 e. The van der Waals surface area contributed by atoms with Crippen molar-refractivity contribution in [2.24, 2.45) is 0 Å². The van der Waals surface area contributed by atoms with E-state index in [1.54, 1.807) is 24.3 Å². The lowest BCUT2D eigenvalue weighted by molar-refractivity contribution is -0.384. The third-order valence-electron chi connectivity index (χ3n) is 5.17. The minimum Gasteiger partial charge on any atom is -0.406 e. The number of rotatable bonds is 7. The van der Waals surface area contributed by atoms with Crippen LogP contribution < -0.4 is 4.74 Å². The molecule has 0 aliphatic carbocycles. The minimum absolute atomic E-state index is 0.0440. The Kier molecular flexibility index (Phi) is 6.56. The van der Waals surface area contributed by atoms with Gasteiger partial charge in [0, 0.05) is 50.4 Å². The number of ether oxygens (including phenoxy) is 1. The molecule has 33 heavy (non-hydrogen) atoms. The molecule has 0 N–H and O–H groups in total. The highest BCUT2D eigenvalue weighted by Gasteiger charge is 2.31. The van der Waals surface area contributed by atoms with Crippen LogP contribution in [0.25, 0.3) is 11.4 Å². The first-order valence-corrected chi connectivity index (χ1v) is 10.1. The van der Waals surface area contributed by atoms with Crippen LogP contribution in [0.1, 0.15) is 11.5 Å². The molecule has 0 spiro atoms. The van der Waals surface area contributed by atoms with Crippen molar-refractivity contribution in [2.75, 3.05) is 26.2 Å². The summed E-state index contributed by atoms with van der Waals surface area (Å²) in [6, 6.07) is 11.9. The lowest BCUT2D eigenvalue weighted by atomic mass is 10.2. The maximum absolute atomic E-state index is 12.3. The van der Waals surface area contributed by atoms with Gasteiger partial charge in [0.2, 0.25) is 11.7 Å². The van der Waals surface area contributed by atoms with Crippen molar-refractivity contribution in [3.05, 3.63) is 70.1 Å². The van der Waals surface area contributed by atoms with E-state index >= 15 is 0 Å². The van der Waals surface area contributed by atoms with E-state index in [0.717, 1.165) is 31.7 Å². The summed E-state index contributed by atoms with van der Waals surface area (Å²) in [6.07, 6.45) is -4.70. The highest BCUT2D eigenvalue weighted by molar-refractivity contribution is 5.58. The molecule has 0 radical (unpaired) electrons. The van der Waals surface area contributed by atoms with Crippen LogP contribution in [-0.2, 0) is 13.1 Å². The van der Waals surface area contributed by atoms with Crippen LogP contribution >= 0.6 is 0 Å². The van der Waals surface area contributed by atoms with Crippen LogP contribution in [0.3, 0.4) is 0 Å². The van der Waals surface area contributed by atoms with Crippen molar-refractivity contribution in [3.8, 4) is 17.1 Å². The van der Waals surface area contributed by atoms with Gasteiger partial charge in [-0.1, -0.05) is 29.4 Å². The Morgan fingerprint density at radius 3 is 2.33 bits per heavy atom. The molecular weight excluding hydrogens is 443 g/mol. The van der Waals surface area contributed by atoms with Gasteiger partial charge < -0.3 is 9.26 Å². The van der Waals surface area contributed by atoms with Gasteiger partial charge in [0.15, 0.2) is 0 Å². The van der Waals surface area contributed by atoms with E-state index in [2.05, 4.69) is 24.7 Å². The third kappa shape index (κ3) is 6.26. The molecule has 0 unspecified atom stereocenters. The molecule has 2 heterocycles. The second kappa shape index (κ2) is 9.55. The molecule has 4 rings (SSSR count). The predicted molar refractivity (Wildman–Crippen MR) is 110 cm³/mol. The quantitative estimate of drug-likeness (QED) is 0.385. The lowest BCUT2D eigenvalue weighted by Gasteiger charge is -2.33. The van der Waals surface area contributed by atoms with Gasteiger partial charge in [-0.15, -0.1) is 13.2 Å². The number of nitrogens with zero attached hydrogens (tertiary/aromatic N) is 5. The van der Waals surface area contributed by atoms with Gasteiger partial charge in [0.05, 0.1) is 11.5 Å². The number of hydrogen-bond acceptors (Lipinski definition) is 8. The summed E-state index contributed by atoms with van der Waals surface area (Å²) in [7, 11) is 0. The summed E-state index contributed by atoms with van der Waals surface area (Å²) < 4.78 is 46.0. The van der Waals surface area contributed by atoms with Crippen LogP contribution in [0, 0.1) is 10.1 Å². The van der Waals surface area contributed by atoms with Gasteiger partial charge in [-0.2, -0.15) is 4.98 Å². The maximum atomic E-state index is 12.3. The fourth-order valence-corrected chi connectivity index (χ4v) is 3.55. The molecule has 0 saturated carbocycles. The Morgan fingerprint density at radius 1 is 1.03 bits per heavy atom. The average Bonchev–Trinajstić information content (AvgIpc) is 3.24. The molecule has 1 aromatic heterocycles. The van der Waals surface area contributed by atoms with E-state index in [4.69, 9.17) is 4.52 Å². The summed E-state index contributed by atoms with van der Waals surface area (Å²) in [6.45, 7) is 4.13. The van der Waals surface area contributed by atoms with E-state index < -0.39 is 11.3 Å². The zero-order valence-corrected chi connectivity index (χ0v) is 17.4. The number of non-ortho nitro benzene ring substituents is 1. The second-order valence-electron chi connectivity index (χ2n) is 7.56. The van der Waals surface area contributed by atoms with Gasteiger partial charge in [-0.3, -0.25) is 19.9 Å². The SMILES string of the molecule is O=[N+]([O-])c1cccc(-c2noc(CN3CCN(Cc4ccc(OC(F)(F)F)cc4)CC3)n2)c1. The molecule has 12 heteroatoms. The Labute approximate surface area is 186 Å². The Balaban J connectivity index is 1.27. The monoisotopic (exact) mass is 463 g/mol. The Morgan fingerprint density at radius 2 is 1.70 bits per heavy atom. The number of benzene rings is 2. The third-order valence-corrected chi connectivity index (χ3v) is 5.17. The smallest absolute Gasteiger partial charge is 0.406 e. The fourth-order valence-electron chi connectivity index (χ4n) is 3.55. The topological polar surface area (TPSA) is 97.8 Å². The summed E-state index contributed by atoms with van der Waals surface area (Å²) in [5.74, 6) is 0.482. The van der Waals surface area contributed by atoms with Crippen molar-refractivity contribution < 1.29 is 27.4 Å². The van der Waals surface area contributed by atoms with E-state index in [1.807, 2.05) is 0 Å². The predicted octanol–water partition coefficient (Wildman–Crippen LogP) is 3.86. The van der Waals surface area contributed by atoms with Crippen LogP contribution in [0.2, 0.25) is 0 Å². The number of nitro benzene ring substituents is 1. The average molecular weight is 463 g/mol. The zero-order chi connectivity index (χ0) is 23.4. The summed E-state index contributed by atoms with van der Waals surface area (Å²) in [4.78, 5) is 19.2. The van der Waals surface area contributed by atoms with Crippen LogP contribution in [-0.4, -0.2) is 57.4 Å². The molecule has 174 valence electrons. The Bertz CT molecular complexity index is 1100. The molecule has 3 aromatic rings. The van der Waals surface area contributed by atoms with Gasteiger partial charge in [0.25, 0.3) is 5.69 Å². The number of piperazine rings is 1. The number of alkyl halides is 3. The number of hydrogen-bond donors (Lipinski definition) is 0. The molecule has 0 bridgehead atoms. The van der Waals surface area contributed by atoms with Crippen LogP contribution in [0.4, 0.5) is 18.9 Å². The van der Waals surface area contributed by atoms with Crippen LogP contribution in [0.5, 0.6) is 5.75 Å². The number of nitro groups is 1. The van der Waals surface area contributed by atoms with Gasteiger partial charge in [-0.05, 0) is 17.7 Å². The van der Waals surface area contributed by atoms with E-state index in [9.17, 15) is 23.3 Å². The first-order valence-electron chi connectivity index (χ1n) is 10.1. The van der Waals surface area contributed by atoms with Crippen molar-refractivity contribution in [1.29, 1.82) is 0 Å². The fraction of sp³-hybridized carbons (Fsp3) is 0.333. The molecule has 9 nitrogen and oxygen atoms in total. The minimum atomic E-state index is -4.70. The standard InChI is InChI=1S/C21H20F3N5O4/c22-21(23,24)32-18-6-4-15(5-7-18)13-27-8-10-28(11-9-27)14-19-25-20(26-33-19)16-2-1-3-17(12-16)29(30)31/h1-7,12H,8-11,13-14H2. The molecule has 0 atom stereocenters. The number of aromatic nitrogens is 2. The molecule has 0 amide bonds. The first-order chi connectivity index (χ1) is 15.7. The summed E-state index contributed by atoms with van der Waals surface area (Å²) in [5, 5.41) is 14.9. The molecule has 1 aliphatic rings. The zero-order valence-electron chi connectivity index (χ0n) is 17.4. The van der Waals surface area contributed by atoms with Crippen molar-refractivity contribution >= 4 is 5.69 Å². The van der Waals surface area contributed by atoms with Crippen molar-refractivity contribution in [3.63, 3.8) is 0 Å². The summed E-state index contributed by atoms with van der Waals surface area (Å²) in [5.41, 5.74) is 1.37. The van der Waals surface area contributed by atoms with Gasteiger partial charge in [-0.25, -0.2) is 0 Å². The van der Waals surface area contributed by atoms with E-state index in [1.165, 1.54) is 24.3 Å². The normalized spacial score (nSPS) is 15.5. The van der Waals surface area contributed by atoms with Gasteiger partial charge >= 0.3 is 6.36 Å². The molecule has 2 aromatic carbocycles. The maximum Gasteiger partial charge on any atom is 0.573 e. The molecule has 1 aliphatic heterocycles. The molecule has 1 fully saturated rings. The van der Waals surface area contributed by atoms with Crippen molar-refractivity contribution in [2.45, 2.75) is 19.5 Å². The highest BCUT2D eigenvalue weighted by Crippen LogP contribution is 2.24. The number of halogens is 3. The molecular formula is C21H20F3N5O4.